The number of esters is 1. The molecule has 21 heteroatoms. The van der Waals surface area contributed by atoms with Gasteiger partial charge in [-0.05, 0) is 56.5 Å². The van der Waals surface area contributed by atoms with Crippen LogP contribution < -0.4 is 24.3 Å². The first-order valence-corrected chi connectivity index (χ1v) is 21.5. The van der Waals surface area contributed by atoms with Crippen LogP contribution in [0.3, 0.4) is 0 Å². The van der Waals surface area contributed by atoms with Gasteiger partial charge in [-0.1, -0.05) is 24.3 Å². The van der Waals surface area contributed by atoms with Crippen LogP contribution in [0.25, 0.3) is 10.9 Å². The number of phenolic OH excluding ortho intramolecular Hbond substituents is 1. The van der Waals surface area contributed by atoms with Crippen molar-refractivity contribution in [3.05, 3.63) is 75.0 Å². The van der Waals surface area contributed by atoms with E-state index in [1.165, 1.54) is 14.0 Å². The third-order valence-electron chi connectivity index (χ3n) is 13.8. The van der Waals surface area contributed by atoms with Gasteiger partial charge in [0.05, 0.1) is 37.1 Å². The number of ketones is 1. The van der Waals surface area contributed by atoms with Gasteiger partial charge in [0.2, 0.25) is 6.79 Å². The minimum atomic E-state index is -6.85. The van der Waals surface area contributed by atoms with Gasteiger partial charge in [-0.15, -0.1) is 11.8 Å². The van der Waals surface area contributed by atoms with Crippen LogP contribution in [0.15, 0.2) is 30.3 Å². The highest BCUT2D eigenvalue weighted by Crippen LogP contribution is 2.64. The SMILES string of the molecule is COc1c(C)cc2c(c1O)[C@@H]1C3[C@@H]4SC[C@]5(NCCc6c5[nH]c5ccccc65)C(=O)COC[C@@H](c5c6c(c(C)c(OC(=O)C(F)(F)C(F)(F)C(F)(F)F)c54)OCO6)N3[C@@H](O)[C@H](C2)N1C. The molecule has 13 nitrogen and oxygen atoms in total. The highest BCUT2D eigenvalue weighted by Gasteiger charge is 2.77. The van der Waals surface area contributed by atoms with E-state index in [0.717, 1.165) is 28.2 Å². The maximum absolute atomic E-state index is 15.3. The molecule has 64 heavy (non-hydrogen) atoms. The van der Waals surface area contributed by atoms with Crippen LogP contribution in [0.2, 0.25) is 0 Å². The van der Waals surface area contributed by atoms with Gasteiger partial charge in [0, 0.05) is 57.2 Å². The van der Waals surface area contributed by atoms with Crippen LogP contribution in [0.1, 0.15) is 62.0 Å². The lowest BCUT2D eigenvalue weighted by Crippen LogP contribution is -2.69. The molecule has 11 rings (SSSR count). The molecule has 0 saturated carbocycles. The number of aryl methyl sites for hydroxylation is 1. The molecular weight excluding hydrogens is 882 g/mol. The number of benzene rings is 3. The fourth-order valence-electron chi connectivity index (χ4n) is 10.9. The Kier molecular flexibility index (Phi) is 9.84. The number of piperazine rings is 1. The van der Waals surface area contributed by atoms with Crippen molar-refractivity contribution < 1.29 is 74.2 Å². The van der Waals surface area contributed by atoms with Crippen molar-refractivity contribution in [1.82, 2.24) is 20.1 Å². The second-order valence-corrected chi connectivity index (χ2v) is 18.2. The van der Waals surface area contributed by atoms with Crippen LogP contribution in [-0.2, 0) is 32.7 Å². The molecular formula is C43H41F7N4O9S. The zero-order valence-electron chi connectivity index (χ0n) is 34.5. The van der Waals surface area contributed by atoms with Gasteiger partial charge in [-0.3, -0.25) is 19.9 Å². The smallest absolute Gasteiger partial charge is 0.460 e. The first-order valence-electron chi connectivity index (χ1n) is 20.4. The molecule has 4 N–H and O–H groups in total. The number of aliphatic hydroxyl groups is 1. The second-order valence-electron chi connectivity index (χ2n) is 17.1. The zero-order chi connectivity index (χ0) is 45.6. The summed E-state index contributed by atoms with van der Waals surface area (Å²) in [5.74, 6) is -18.0. The number of fused-ring (bicyclic) bond motifs is 12. The Bertz CT molecular complexity index is 2640. The first kappa shape index (κ1) is 43.1. The Morgan fingerprint density at radius 3 is 2.50 bits per heavy atom. The third-order valence-corrected chi connectivity index (χ3v) is 15.3. The number of halogens is 7. The number of nitrogens with zero attached hydrogens (tertiary/aromatic N) is 2. The number of thioether (sulfide) groups is 1. The number of Topliss-reactive ketones (excluding diaryl/α,β-unsaturated/α-hetero) is 1. The molecule has 1 aromatic heterocycles. The van der Waals surface area contributed by atoms with Gasteiger partial charge in [0.25, 0.3) is 0 Å². The van der Waals surface area contributed by atoms with Crippen LogP contribution >= 0.6 is 11.8 Å². The highest BCUT2D eigenvalue weighted by molar-refractivity contribution is 7.99. The van der Waals surface area contributed by atoms with Gasteiger partial charge < -0.3 is 38.9 Å². The van der Waals surface area contributed by atoms with E-state index in [1.54, 1.807) is 18.9 Å². The van der Waals surface area contributed by atoms with E-state index in [0.29, 0.717) is 35.3 Å². The molecule has 1 unspecified atom stereocenters. The van der Waals surface area contributed by atoms with Crippen molar-refractivity contribution in [3.63, 3.8) is 0 Å². The summed E-state index contributed by atoms with van der Waals surface area (Å²) in [5.41, 5.74) is 1.95. The third kappa shape index (κ3) is 5.75. The van der Waals surface area contributed by atoms with Crippen molar-refractivity contribution >= 4 is 34.4 Å². The number of carbonyl (C=O) groups excluding carboxylic acids is 2. The van der Waals surface area contributed by atoms with Crippen LogP contribution in [-0.4, -0.2) is 120 Å². The number of alkyl halides is 7. The van der Waals surface area contributed by atoms with Gasteiger partial charge in [-0.25, -0.2) is 4.79 Å². The Balaban J connectivity index is 1.24. The number of aromatic amines is 1. The van der Waals surface area contributed by atoms with Crippen LogP contribution in [0.4, 0.5) is 30.7 Å². The van der Waals surface area contributed by atoms with Crippen molar-refractivity contribution in [2.45, 2.75) is 85.9 Å². The maximum Gasteiger partial charge on any atom is 0.460 e. The molecule has 3 aromatic carbocycles. The predicted molar refractivity (Wildman–Crippen MR) is 213 cm³/mol. The predicted octanol–water partition coefficient (Wildman–Crippen LogP) is 6.04. The van der Waals surface area contributed by atoms with Gasteiger partial charge in [-0.2, -0.15) is 30.7 Å². The van der Waals surface area contributed by atoms with E-state index in [2.05, 4.69) is 10.3 Å². The molecule has 7 atom stereocenters. The van der Waals surface area contributed by atoms with E-state index in [4.69, 9.17) is 23.7 Å². The topological polar surface area (TPSA) is 155 Å². The maximum atomic E-state index is 15.3. The number of aromatic nitrogens is 1. The number of H-pyrrole nitrogens is 1. The van der Waals surface area contributed by atoms with E-state index in [1.807, 2.05) is 35.2 Å². The minimum absolute atomic E-state index is 0.00291. The van der Waals surface area contributed by atoms with Crippen molar-refractivity contribution in [1.29, 1.82) is 0 Å². The number of rotatable bonds is 4. The fourth-order valence-corrected chi connectivity index (χ4v) is 12.6. The molecule has 0 aliphatic carbocycles. The summed E-state index contributed by atoms with van der Waals surface area (Å²) in [7, 11) is 3.11. The fraction of sp³-hybridized carbons (Fsp3) is 0.488. The molecule has 4 aromatic rings. The number of hydrogen-bond donors (Lipinski definition) is 4. The molecule has 1 spiro atoms. The number of likely N-dealkylation sites (N-methyl/N-ethyl adjacent to an activating group) is 1. The number of hydrogen-bond acceptors (Lipinski definition) is 13. The lowest BCUT2D eigenvalue weighted by molar-refractivity contribution is -0.346. The van der Waals surface area contributed by atoms with Crippen molar-refractivity contribution in [3.8, 4) is 28.7 Å². The van der Waals surface area contributed by atoms with Crippen molar-refractivity contribution in [2.24, 2.45) is 0 Å². The Labute approximate surface area is 364 Å². The van der Waals surface area contributed by atoms with E-state index in [9.17, 15) is 41.8 Å². The normalized spacial score (nSPS) is 28.0. The van der Waals surface area contributed by atoms with Crippen LogP contribution in [0.5, 0.6) is 28.7 Å². The number of nitrogens with one attached hydrogen (secondary N) is 2. The largest absolute Gasteiger partial charge is 0.504 e. The highest BCUT2D eigenvalue weighted by atomic mass is 32.2. The number of para-hydroxylation sites is 1. The number of ether oxygens (including phenoxy) is 5. The lowest BCUT2D eigenvalue weighted by Gasteiger charge is -2.61. The average molecular weight is 923 g/mol. The molecule has 4 bridgehead atoms. The van der Waals surface area contributed by atoms with E-state index < -0.39 is 96.7 Å². The Morgan fingerprint density at radius 1 is 1.03 bits per heavy atom. The number of phenols is 1. The monoisotopic (exact) mass is 922 g/mol. The summed E-state index contributed by atoms with van der Waals surface area (Å²) in [4.78, 5) is 35.2. The summed E-state index contributed by atoms with van der Waals surface area (Å²) in [6, 6.07) is 5.47. The Morgan fingerprint density at radius 2 is 1.77 bits per heavy atom. The van der Waals surface area contributed by atoms with E-state index >= 15 is 8.78 Å². The molecule has 2 saturated heterocycles. The lowest BCUT2D eigenvalue weighted by atomic mass is 9.73. The standard InChI is InChI=1S/C43H41F7N4O9S/c1-17-11-19-12-23-38(57)54-24-13-60-14-25(55)40(37-21(9-10-51-40)20-7-5-6-8-22(20)52-37)15-64-36(30(54)29(53(23)3)26(19)31(56)32(17)59-4)28-27(24)35-34(61-16-62-35)18(2)33(28)63-39(58)41(44,45)42(46,47)43(48,49)50/h5-8,11,23-24,29-30,36,38,51-52,56-57H,9-10,12-16H2,1-4H3/t23-,24-,29+,30?,36+,38-,40-/m0/s1. The minimum Gasteiger partial charge on any atom is -0.504 e. The summed E-state index contributed by atoms with van der Waals surface area (Å²) in [5, 5.41) is 27.8. The quantitative estimate of drug-likeness (QED) is 0.107. The molecule has 2 fully saturated rings. The molecule has 7 aliphatic heterocycles. The van der Waals surface area contributed by atoms with Crippen LogP contribution in [0, 0.1) is 13.8 Å². The number of aromatic hydroxyl groups is 1. The van der Waals surface area contributed by atoms with E-state index in [-0.39, 0.29) is 51.9 Å². The first-order chi connectivity index (χ1) is 30.3. The number of aliphatic hydroxyl groups excluding tert-OH is 1. The number of methoxy groups -OCH3 is 1. The number of carbonyl (C=O) groups is 2. The summed E-state index contributed by atoms with van der Waals surface area (Å²) in [6.07, 6.45) is -7.44. The van der Waals surface area contributed by atoms with Crippen molar-refractivity contribution in [2.75, 3.05) is 46.5 Å². The second kappa shape index (κ2) is 14.6. The average Bonchev–Trinajstić information content (AvgIpc) is 3.89. The Hall–Kier alpha value is -4.80. The molecule has 0 radical (unpaired) electrons. The molecule has 7 aliphatic rings. The molecule has 342 valence electrons. The summed E-state index contributed by atoms with van der Waals surface area (Å²) < 4.78 is 129. The summed E-state index contributed by atoms with van der Waals surface area (Å²) in [6.45, 7) is 1.98. The van der Waals surface area contributed by atoms with Gasteiger partial charge in [0.15, 0.2) is 28.8 Å². The molecule has 0 amide bonds. The van der Waals surface area contributed by atoms with Gasteiger partial charge >= 0.3 is 24.0 Å². The summed E-state index contributed by atoms with van der Waals surface area (Å²) >= 11 is 1.08. The zero-order valence-corrected chi connectivity index (χ0v) is 35.3. The molecule has 8 heterocycles. The van der Waals surface area contributed by atoms with Gasteiger partial charge in [0.1, 0.15) is 24.1 Å².